The Bertz CT molecular complexity index is 645. The Morgan fingerprint density at radius 1 is 1.38 bits per heavy atom. The fourth-order valence-electron chi connectivity index (χ4n) is 1.68. The minimum atomic E-state index is -0.185. The molecule has 0 aliphatic rings. The van der Waals surface area contributed by atoms with Gasteiger partial charge in [0.25, 0.3) is 0 Å². The average Bonchev–Trinajstić information content (AvgIpc) is 2.48. The van der Waals surface area contributed by atoms with Gasteiger partial charge in [0, 0.05) is 12.1 Å². The van der Waals surface area contributed by atoms with E-state index in [4.69, 9.17) is 4.74 Å². The molecule has 21 heavy (non-hydrogen) atoms. The molecule has 0 fully saturated rings. The van der Waals surface area contributed by atoms with Crippen LogP contribution in [0.3, 0.4) is 0 Å². The van der Waals surface area contributed by atoms with Crippen LogP contribution in [0.25, 0.3) is 0 Å². The Morgan fingerprint density at radius 2 is 2.14 bits per heavy atom. The first-order valence-corrected chi connectivity index (χ1v) is 7.08. The first-order chi connectivity index (χ1) is 10.2. The lowest BCUT2D eigenvalue weighted by Crippen LogP contribution is -2.40. The van der Waals surface area contributed by atoms with Gasteiger partial charge >= 0.3 is 5.91 Å². The number of rotatable bonds is 5. The topological polar surface area (TPSA) is 54.6 Å². The molecule has 1 heterocycles. The zero-order valence-electron chi connectivity index (χ0n) is 11.5. The average molecular weight is 349 g/mol. The van der Waals surface area contributed by atoms with E-state index >= 15 is 0 Å². The van der Waals surface area contributed by atoms with Gasteiger partial charge in [0.2, 0.25) is 6.54 Å². The Balaban J connectivity index is 1.90. The number of ether oxygens (including phenoxy) is 1. The molecule has 0 radical (unpaired) electrons. The molecule has 0 aliphatic heterocycles. The van der Waals surface area contributed by atoms with Gasteiger partial charge < -0.3 is 4.74 Å². The van der Waals surface area contributed by atoms with E-state index in [2.05, 4.69) is 26.5 Å². The Labute approximate surface area is 131 Å². The molecular weight excluding hydrogens is 334 g/mol. The van der Waals surface area contributed by atoms with Crippen LogP contribution in [0.4, 0.5) is 0 Å². The quantitative estimate of drug-likeness (QED) is 0.509. The number of benzene rings is 1. The van der Waals surface area contributed by atoms with Crippen LogP contribution in [0.1, 0.15) is 5.56 Å². The lowest BCUT2D eigenvalue weighted by atomic mass is 10.2. The molecule has 1 N–H and O–H groups in total. The van der Waals surface area contributed by atoms with Crippen LogP contribution in [0, 0.1) is 0 Å². The van der Waals surface area contributed by atoms with Crippen LogP contribution in [-0.2, 0) is 11.3 Å². The highest BCUT2D eigenvalue weighted by molar-refractivity contribution is 9.10. The normalized spacial score (nSPS) is 10.6. The van der Waals surface area contributed by atoms with Crippen molar-refractivity contribution in [3.05, 3.63) is 58.8 Å². The summed E-state index contributed by atoms with van der Waals surface area (Å²) in [4.78, 5) is 11.7. The number of nitrogens with zero attached hydrogens (tertiary/aromatic N) is 2. The zero-order chi connectivity index (χ0) is 15.1. The summed E-state index contributed by atoms with van der Waals surface area (Å²) in [5.41, 5.74) is 3.35. The van der Waals surface area contributed by atoms with Crippen molar-refractivity contribution in [3.63, 3.8) is 0 Å². The van der Waals surface area contributed by atoms with Crippen molar-refractivity contribution in [1.29, 1.82) is 0 Å². The fraction of sp³-hybridized carbons (Fsp3) is 0.133. The fourth-order valence-corrected chi connectivity index (χ4v) is 2.24. The van der Waals surface area contributed by atoms with Crippen LogP contribution in [0.2, 0.25) is 0 Å². The summed E-state index contributed by atoms with van der Waals surface area (Å²) < 4.78 is 7.75. The molecule has 0 atom stereocenters. The summed E-state index contributed by atoms with van der Waals surface area (Å²) >= 11 is 3.40. The maximum atomic E-state index is 11.7. The SMILES string of the molecule is COc1ccc(/C=N/NC(=O)C[n+]2ccccc2)cc1Br. The van der Waals surface area contributed by atoms with Gasteiger partial charge in [-0.1, -0.05) is 6.07 Å². The predicted octanol–water partition coefficient (Wildman–Crippen LogP) is 1.90. The molecule has 0 saturated carbocycles. The number of hydrazone groups is 1. The van der Waals surface area contributed by atoms with E-state index in [0.717, 1.165) is 15.8 Å². The van der Waals surface area contributed by atoms with Gasteiger partial charge in [-0.3, -0.25) is 4.79 Å². The molecule has 0 bridgehead atoms. The number of aromatic nitrogens is 1. The van der Waals surface area contributed by atoms with E-state index in [0.29, 0.717) is 0 Å². The molecule has 6 heteroatoms. The van der Waals surface area contributed by atoms with Gasteiger partial charge in [-0.05, 0) is 39.7 Å². The highest BCUT2D eigenvalue weighted by atomic mass is 79.9. The van der Waals surface area contributed by atoms with E-state index in [9.17, 15) is 4.79 Å². The van der Waals surface area contributed by atoms with Gasteiger partial charge in [-0.25, -0.2) is 5.43 Å². The van der Waals surface area contributed by atoms with Crippen molar-refractivity contribution in [2.75, 3.05) is 7.11 Å². The van der Waals surface area contributed by atoms with E-state index in [1.54, 1.807) is 17.9 Å². The second kappa shape index (κ2) is 7.54. The number of hydrogen-bond donors (Lipinski definition) is 1. The summed E-state index contributed by atoms with van der Waals surface area (Å²) in [6.07, 6.45) is 5.23. The maximum absolute atomic E-state index is 11.7. The van der Waals surface area contributed by atoms with E-state index in [1.807, 2.05) is 48.8 Å². The highest BCUT2D eigenvalue weighted by Crippen LogP contribution is 2.24. The molecule has 0 saturated heterocycles. The van der Waals surface area contributed by atoms with Gasteiger partial charge in [-0.2, -0.15) is 9.67 Å². The standard InChI is InChI=1S/C15H14BrN3O2/c1-21-14-6-5-12(9-13(14)16)10-17-18-15(20)11-19-7-3-2-4-8-19/h2-10H,11H2,1H3/p+1/b17-10+. The number of carbonyl (C=O) groups is 1. The third-order valence-corrected chi connectivity index (χ3v) is 3.30. The number of nitrogens with one attached hydrogen (secondary N) is 1. The molecular formula is C15H15BrN3O2+. The Kier molecular flexibility index (Phi) is 5.45. The predicted molar refractivity (Wildman–Crippen MR) is 83.1 cm³/mol. The number of pyridine rings is 1. The van der Waals surface area contributed by atoms with Crippen LogP contribution < -0.4 is 14.7 Å². The second-order valence-electron chi connectivity index (χ2n) is 4.23. The van der Waals surface area contributed by atoms with E-state index in [-0.39, 0.29) is 12.5 Å². The summed E-state index contributed by atoms with van der Waals surface area (Å²) in [5, 5.41) is 3.93. The molecule has 1 aromatic carbocycles. The van der Waals surface area contributed by atoms with Crippen LogP contribution in [-0.4, -0.2) is 19.2 Å². The number of halogens is 1. The van der Waals surface area contributed by atoms with Gasteiger partial charge in [-0.15, -0.1) is 0 Å². The summed E-state index contributed by atoms with van der Waals surface area (Å²) in [7, 11) is 1.61. The lowest BCUT2D eigenvalue weighted by molar-refractivity contribution is -0.684. The van der Waals surface area contributed by atoms with Crippen molar-refractivity contribution >= 4 is 28.1 Å². The minimum Gasteiger partial charge on any atom is -0.496 e. The van der Waals surface area contributed by atoms with Crippen molar-refractivity contribution in [3.8, 4) is 5.75 Å². The molecule has 0 unspecified atom stereocenters. The number of carbonyl (C=O) groups excluding carboxylic acids is 1. The first-order valence-electron chi connectivity index (χ1n) is 6.28. The van der Waals surface area contributed by atoms with Gasteiger partial charge in [0.15, 0.2) is 12.4 Å². The smallest absolute Gasteiger partial charge is 0.305 e. The molecule has 2 rings (SSSR count). The van der Waals surface area contributed by atoms with E-state index in [1.165, 1.54) is 0 Å². The van der Waals surface area contributed by atoms with Crippen molar-refractivity contribution in [1.82, 2.24) is 5.43 Å². The number of methoxy groups -OCH3 is 1. The molecule has 2 aromatic rings. The van der Waals surface area contributed by atoms with Crippen LogP contribution in [0.5, 0.6) is 5.75 Å². The third kappa shape index (κ3) is 4.68. The summed E-state index contributed by atoms with van der Waals surface area (Å²) in [5.74, 6) is 0.562. The highest BCUT2D eigenvalue weighted by Gasteiger charge is 2.06. The summed E-state index contributed by atoms with van der Waals surface area (Å²) in [6, 6.07) is 11.2. The zero-order valence-corrected chi connectivity index (χ0v) is 13.1. The van der Waals surface area contributed by atoms with Crippen molar-refractivity contribution < 1.29 is 14.1 Å². The largest absolute Gasteiger partial charge is 0.496 e. The Morgan fingerprint density at radius 3 is 2.81 bits per heavy atom. The van der Waals surface area contributed by atoms with Crippen molar-refractivity contribution in [2.45, 2.75) is 6.54 Å². The van der Waals surface area contributed by atoms with E-state index < -0.39 is 0 Å². The monoisotopic (exact) mass is 348 g/mol. The summed E-state index contributed by atoms with van der Waals surface area (Å²) in [6.45, 7) is 0.227. The lowest BCUT2D eigenvalue weighted by Gasteiger charge is -2.03. The molecule has 1 amide bonds. The van der Waals surface area contributed by atoms with Crippen LogP contribution in [0.15, 0.2) is 58.4 Å². The number of hydrogen-bond acceptors (Lipinski definition) is 3. The molecule has 0 aliphatic carbocycles. The first kappa shape index (κ1) is 15.2. The van der Waals surface area contributed by atoms with Crippen molar-refractivity contribution in [2.24, 2.45) is 5.10 Å². The Hall–Kier alpha value is -2.21. The van der Waals surface area contributed by atoms with Crippen LogP contribution >= 0.6 is 15.9 Å². The molecule has 0 spiro atoms. The van der Waals surface area contributed by atoms with Gasteiger partial charge in [0.05, 0.1) is 17.8 Å². The molecule has 1 aromatic heterocycles. The van der Waals surface area contributed by atoms with Gasteiger partial charge in [0.1, 0.15) is 5.75 Å². The second-order valence-corrected chi connectivity index (χ2v) is 5.09. The third-order valence-electron chi connectivity index (χ3n) is 2.68. The number of amides is 1. The maximum Gasteiger partial charge on any atom is 0.305 e. The molecule has 108 valence electrons. The molecule has 5 nitrogen and oxygen atoms in total. The minimum absolute atomic E-state index is 0.185.